The third-order valence-corrected chi connectivity index (χ3v) is 4.29. The van der Waals surface area contributed by atoms with E-state index in [1.54, 1.807) is 37.1 Å². The largest absolute Gasteiger partial charge is 0.495 e. The zero-order valence-corrected chi connectivity index (χ0v) is 13.4. The summed E-state index contributed by atoms with van der Waals surface area (Å²) in [5, 5.41) is 11.7. The number of rotatable bonds is 9. The van der Waals surface area contributed by atoms with Gasteiger partial charge in [0.2, 0.25) is 5.91 Å². The lowest BCUT2D eigenvalue weighted by atomic mass is 10.2. The normalized spacial score (nSPS) is 12.0. The van der Waals surface area contributed by atoms with Crippen molar-refractivity contribution < 1.29 is 14.6 Å². The lowest BCUT2D eigenvalue weighted by Gasteiger charge is -2.11. The lowest BCUT2D eigenvalue weighted by Crippen LogP contribution is -2.12. The van der Waals surface area contributed by atoms with Crippen LogP contribution < -0.4 is 15.8 Å². The van der Waals surface area contributed by atoms with Crippen LogP contribution in [0.1, 0.15) is 19.8 Å². The SMILES string of the molecule is COc1ccc(N)cc1NC(=O)CCCSCC(C)CO. The van der Waals surface area contributed by atoms with Gasteiger partial charge < -0.3 is 20.9 Å². The average Bonchev–Trinajstić information content (AvgIpc) is 2.46. The van der Waals surface area contributed by atoms with Gasteiger partial charge in [-0.25, -0.2) is 0 Å². The first-order valence-electron chi connectivity index (χ1n) is 6.98. The molecule has 0 aliphatic heterocycles. The molecule has 4 N–H and O–H groups in total. The van der Waals surface area contributed by atoms with Crippen molar-refractivity contribution in [3.05, 3.63) is 18.2 Å². The standard InChI is InChI=1S/C15H24N2O3S/c1-11(9-18)10-21-7-3-4-15(19)17-13-8-12(16)5-6-14(13)20-2/h5-6,8,11,18H,3-4,7,9-10,16H2,1-2H3,(H,17,19). The number of methoxy groups -OCH3 is 1. The molecule has 1 atom stereocenters. The van der Waals surface area contributed by atoms with Crippen LogP contribution in [0.5, 0.6) is 5.75 Å². The number of carbonyl (C=O) groups is 1. The van der Waals surface area contributed by atoms with Crippen LogP contribution >= 0.6 is 11.8 Å². The number of aliphatic hydroxyl groups is 1. The van der Waals surface area contributed by atoms with Gasteiger partial charge in [0.05, 0.1) is 12.8 Å². The molecule has 6 heteroatoms. The van der Waals surface area contributed by atoms with Crippen molar-refractivity contribution in [1.29, 1.82) is 0 Å². The molecular formula is C15H24N2O3S. The van der Waals surface area contributed by atoms with E-state index < -0.39 is 0 Å². The molecule has 21 heavy (non-hydrogen) atoms. The van der Waals surface area contributed by atoms with Crippen LogP contribution in [0.4, 0.5) is 11.4 Å². The highest BCUT2D eigenvalue weighted by molar-refractivity contribution is 7.99. The molecule has 1 unspecified atom stereocenters. The minimum atomic E-state index is -0.0466. The fraction of sp³-hybridized carbons (Fsp3) is 0.533. The highest BCUT2D eigenvalue weighted by atomic mass is 32.2. The number of nitrogen functional groups attached to an aromatic ring is 1. The molecule has 1 aromatic rings. The maximum atomic E-state index is 11.9. The number of hydrogen-bond donors (Lipinski definition) is 3. The smallest absolute Gasteiger partial charge is 0.224 e. The van der Waals surface area contributed by atoms with Crippen molar-refractivity contribution in [2.24, 2.45) is 5.92 Å². The van der Waals surface area contributed by atoms with E-state index in [0.29, 0.717) is 29.5 Å². The summed E-state index contributed by atoms with van der Waals surface area (Å²) in [5.41, 5.74) is 6.89. The first kappa shape index (κ1) is 17.7. The third kappa shape index (κ3) is 6.73. The number of amides is 1. The molecule has 0 bridgehead atoms. The van der Waals surface area contributed by atoms with E-state index in [-0.39, 0.29) is 12.5 Å². The minimum absolute atomic E-state index is 0.0466. The van der Waals surface area contributed by atoms with E-state index in [4.69, 9.17) is 15.6 Å². The number of hydrogen-bond acceptors (Lipinski definition) is 5. The Balaban J connectivity index is 2.32. The van der Waals surface area contributed by atoms with Gasteiger partial charge in [-0.1, -0.05) is 6.92 Å². The molecule has 0 aliphatic rings. The zero-order valence-electron chi connectivity index (χ0n) is 12.6. The molecule has 1 amide bonds. The van der Waals surface area contributed by atoms with Gasteiger partial charge >= 0.3 is 0 Å². The number of benzene rings is 1. The molecule has 0 aliphatic carbocycles. The van der Waals surface area contributed by atoms with Crippen LogP contribution in [0.3, 0.4) is 0 Å². The Bertz CT molecular complexity index is 455. The predicted molar refractivity (Wildman–Crippen MR) is 88.8 cm³/mol. The number of nitrogens with one attached hydrogen (secondary N) is 1. The molecule has 1 rings (SSSR count). The predicted octanol–water partition coefficient (Wildman–Crippen LogP) is 2.36. The average molecular weight is 312 g/mol. The summed E-state index contributed by atoms with van der Waals surface area (Å²) >= 11 is 1.76. The number of ether oxygens (including phenoxy) is 1. The van der Waals surface area contributed by atoms with Crippen LogP contribution in [-0.4, -0.2) is 36.2 Å². The summed E-state index contributed by atoms with van der Waals surface area (Å²) < 4.78 is 5.18. The molecular weight excluding hydrogens is 288 g/mol. The van der Waals surface area contributed by atoms with E-state index in [1.807, 2.05) is 6.92 Å². The monoisotopic (exact) mass is 312 g/mol. The van der Waals surface area contributed by atoms with Crippen molar-refractivity contribution in [2.75, 3.05) is 36.3 Å². The first-order chi connectivity index (χ1) is 10.1. The van der Waals surface area contributed by atoms with Gasteiger partial charge in [0.1, 0.15) is 5.75 Å². The second kappa shape index (κ2) is 9.52. The van der Waals surface area contributed by atoms with Gasteiger partial charge in [-0.15, -0.1) is 0 Å². The summed E-state index contributed by atoms with van der Waals surface area (Å²) in [6.07, 6.45) is 1.26. The van der Waals surface area contributed by atoms with Gasteiger partial charge in [-0.05, 0) is 42.0 Å². The van der Waals surface area contributed by atoms with Gasteiger partial charge in [-0.3, -0.25) is 4.79 Å². The van der Waals surface area contributed by atoms with Crippen molar-refractivity contribution in [1.82, 2.24) is 0 Å². The molecule has 0 saturated carbocycles. The summed E-state index contributed by atoms with van der Waals surface area (Å²) in [7, 11) is 1.56. The highest BCUT2D eigenvalue weighted by Crippen LogP contribution is 2.26. The summed E-state index contributed by atoms with van der Waals surface area (Å²) in [4.78, 5) is 11.9. The van der Waals surface area contributed by atoms with Crippen molar-refractivity contribution >= 4 is 29.0 Å². The molecule has 0 aromatic heterocycles. The van der Waals surface area contributed by atoms with Gasteiger partial charge in [-0.2, -0.15) is 11.8 Å². The minimum Gasteiger partial charge on any atom is -0.495 e. The number of thioether (sulfide) groups is 1. The lowest BCUT2D eigenvalue weighted by molar-refractivity contribution is -0.116. The number of carbonyl (C=O) groups excluding carboxylic acids is 1. The molecule has 0 heterocycles. The number of anilines is 2. The van der Waals surface area contributed by atoms with E-state index in [2.05, 4.69) is 5.32 Å². The van der Waals surface area contributed by atoms with Gasteiger partial charge in [0.15, 0.2) is 0 Å². The second-order valence-electron chi connectivity index (χ2n) is 4.97. The van der Waals surface area contributed by atoms with Crippen molar-refractivity contribution in [3.63, 3.8) is 0 Å². The Morgan fingerprint density at radius 1 is 1.52 bits per heavy atom. The first-order valence-corrected chi connectivity index (χ1v) is 8.14. The second-order valence-corrected chi connectivity index (χ2v) is 6.12. The summed E-state index contributed by atoms with van der Waals surface area (Å²) in [5.74, 6) is 2.69. The fourth-order valence-electron chi connectivity index (χ4n) is 1.71. The maximum Gasteiger partial charge on any atom is 0.224 e. The number of nitrogens with two attached hydrogens (primary N) is 1. The van der Waals surface area contributed by atoms with Crippen LogP contribution in [0.25, 0.3) is 0 Å². The third-order valence-electron chi connectivity index (χ3n) is 2.90. The summed E-state index contributed by atoms with van der Waals surface area (Å²) in [6.45, 7) is 2.22. The molecule has 5 nitrogen and oxygen atoms in total. The Kier molecular flexibility index (Phi) is 8.00. The van der Waals surface area contributed by atoms with E-state index in [9.17, 15) is 4.79 Å². The Hall–Kier alpha value is -1.40. The fourth-order valence-corrected chi connectivity index (χ4v) is 2.73. The molecule has 0 radical (unpaired) electrons. The quantitative estimate of drug-likeness (QED) is 0.481. The molecule has 0 fully saturated rings. The van der Waals surface area contributed by atoms with Crippen molar-refractivity contribution in [2.45, 2.75) is 19.8 Å². The van der Waals surface area contributed by atoms with Gasteiger partial charge in [0, 0.05) is 18.7 Å². The maximum absolute atomic E-state index is 11.9. The molecule has 0 saturated heterocycles. The molecule has 0 spiro atoms. The zero-order chi connectivity index (χ0) is 15.7. The van der Waals surface area contributed by atoms with Crippen LogP contribution in [0, 0.1) is 5.92 Å². The Morgan fingerprint density at radius 3 is 2.95 bits per heavy atom. The van der Waals surface area contributed by atoms with Crippen LogP contribution in [0.15, 0.2) is 18.2 Å². The molecule has 118 valence electrons. The highest BCUT2D eigenvalue weighted by Gasteiger charge is 2.08. The Morgan fingerprint density at radius 2 is 2.29 bits per heavy atom. The Labute approximate surface area is 130 Å². The van der Waals surface area contributed by atoms with E-state index in [0.717, 1.165) is 17.9 Å². The van der Waals surface area contributed by atoms with Crippen molar-refractivity contribution in [3.8, 4) is 5.75 Å². The van der Waals surface area contributed by atoms with Crippen LogP contribution in [-0.2, 0) is 4.79 Å². The summed E-state index contributed by atoms with van der Waals surface area (Å²) in [6, 6.07) is 5.15. The van der Waals surface area contributed by atoms with E-state index >= 15 is 0 Å². The van der Waals surface area contributed by atoms with Gasteiger partial charge in [0.25, 0.3) is 0 Å². The van der Waals surface area contributed by atoms with Crippen LogP contribution in [0.2, 0.25) is 0 Å². The topological polar surface area (TPSA) is 84.6 Å². The number of aliphatic hydroxyl groups excluding tert-OH is 1. The molecule has 1 aromatic carbocycles. The van der Waals surface area contributed by atoms with E-state index in [1.165, 1.54) is 0 Å².